The van der Waals surface area contributed by atoms with E-state index in [1.54, 1.807) is 30.8 Å². The molecule has 1 saturated heterocycles. The largest absolute Gasteiger partial charge is 0.339 e. The number of hydrogen-bond acceptors (Lipinski definition) is 8. The van der Waals surface area contributed by atoms with Crippen molar-refractivity contribution in [2.75, 3.05) is 11.9 Å². The highest BCUT2D eigenvalue weighted by atomic mass is 32.2. The number of nitrogens with zero attached hydrogens (tertiary/aromatic N) is 6. The number of imidazole rings is 1. The zero-order valence-electron chi connectivity index (χ0n) is 15.8. The van der Waals surface area contributed by atoms with Crippen LogP contribution < -0.4 is 5.32 Å². The van der Waals surface area contributed by atoms with Gasteiger partial charge in [0, 0.05) is 36.9 Å². The maximum Gasteiger partial charge on any atom is 0.262 e. The average molecular weight is 420 g/mol. The fraction of sp³-hybridized carbons (Fsp3) is 0.412. The summed E-state index contributed by atoms with van der Waals surface area (Å²) in [4.78, 5) is 18.4. The highest BCUT2D eigenvalue weighted by Crippen LogP contribution is 2.36. The number of hydrogen-bond donors (Lipinski definition) is 1. The molecule has 4 heterocycles. The summed E-state index contributed by atoms with van der Waals surface area (Å²) in [5, 5.41) is 3.99. The maximum atomic E-state index is 13.1. The van der Waals surface area contributed by atoms with Crippen LogP contribution in [0.3, 0.4) is 0 Å². The van der Waals surface area contributed by atoms with E-state index in [-0.39, 0.29) is 11.1 Å². The summed E-state index contributed by atoms with van der Waals surface area (Å²) in [5.74, 6) is 1.19. The van der Waals surface area contributed by atoms with E-state index >= 15 is 0 Å². The van der Waals surface area contributed by atoms with Gasteiger partial charge in [-0.25, -0.2) is 28.4 Å². The van der Waals surface area contributed by atoms with Crippen LogP contribution in [0.4, 0.5) is 10.9 Å². The molecule has 1 aliphatic heterocycles. The Hall–Kier alpha value is -2.37. The van der Waals surface area contributed by atoms with Crippen molar-refractivity contribution in [2.24, 2.45) is 7.05 Å². The van der Waals surface area contributed by atoms with E-state index in [2.05, 4.69) is 25.3 Å². The molecule has 1 atom stereocenters. The zero-order chi connectivity index (χ0) is 19.9. The minimum absolute atomic E-state index is 0.0595. The molecule has 0 amide bonds. The number of aryl methyl sites for hydroxylation is 3. The highest BCUT2D eigenvalue weighted by molar-refractivity contribution is 7.89. The summed E-state index contributed by atoms with van der Waals surface area (Å²) in [5.41, 5.74) is 0.681. The molecule has 3 aromatic rings. The smallest absolute Gasteiger partial charge is 0.262 e. The van der Waals surface area contributed by atoms with E-state index in [4.69, 9.17) is 0 Å². The van der Waals surface area contributed by atoms with Crippen LogP contribution in [0.15, 0.2) is 29.8 Å². The first kappa shape index (κ1) is 19.0. The molecular formula is C17H21N7O2S2. The van der Waals surface area contributed by atoms with Crippen LogP contribution in [0.1, 0.15) is 35.3 Å². The molecule has 11 heteroatoms. The number of anilines is 2. The molecule has 0 radical (unpaired) electrons. The number of sulfonamides is 1. The Bertz CT molecular complexity index is 1110. The Kier molecular flexibility index (Phi) is 4.89. The number of nitrogens with one attached hydrogen (secondary N) is 1. The molecular weight excluding hydrogens is 398 g/mol. The van der Waals surface area contributed by atoms with Crippen LogP contribution in [0.25, 0.3) is 0 Å². The first-order valence-corrected chi connectivity index (χ1v) is 11.1. The molecule has 0 spiro atoms. The van der Waals surface area contributed by atoms with Crippen molar-refractivity contribution in [3.63, 3.8) is 0 Å². The standard InChI is InChI=1S/C17H21N7O2S2/c1-11-8-18-17(27-11)22-15-7-13(20-12(2)21-15)14-5-4-6-24(14)28(25,26)16-9-23(3)10-19-16/h7-10,14H,4-6H2,1-3H3,(H,18,20,21,22). The quantitative estimate of drug-likeness (QED) is 0.677. The van der Waals surface area contributed by atoms with Crippen LogP contribution in [0.2, 0.25) is 0 Å². The van der Waals surface area contributed by atoms with Gasteiger partial charge in [-0.05, 0) is 26.7 Å². The fourth-order valence-electron chi connectivity index (χ4n) is 3.31. The average Bonchev–Trinajstić information content (AvgIpc) is 3.35. The second-order valence-electron chi connectivity index (χ2n) is 6.78. The summed E-state index contributed by atoms with van der Waals surface area (Å²) in [7, 11) is -1.94. The fourth-order valence-corrected chi connectivity index (χ4v) is 5.62. The number of thiazole rings is 1. The maximum absolute atomic E-state index is 13.1. The van der Waals surface area contributed by atoms with Crippen molar-refractivity contribution in [3.05, 3.63) is 41.2 Å². The predicted molar refractivity (Wildman–Crippen MR) is 106 cm³/mol. The minimum atomic E-state index is -3.69. The molecule has 0 aliphatic carbocycles. The van der Waals surface area contributed by atoms with Crippen molar-refractivity contribution in [1.82, 2.24) is 28.8 Å². The highest BCUT2D eigenvalue weighted by Gasteiger charge is 2.38. The molecule has 9 nitrogen and oxygen atoms in total. The van der Waals surface area contributed by atoms with Gasteiger partial charge in [-0.15, -0.1) is 11.3 Å². The molecule has 148 valence electrons. The van der Waals surface area contributed by atoms with Crippen LogP contribution >= 0.6 is 11.3 Å². The van der Waals surface area contributed by atoms with Crippen LogP contribution in [-0.2, 0) is 17.1 Å². The van der Waals surface area contributed by atoms with Gasteiger partial charge in [-0.3, -0.25) is 0 Å². The molecule has 28 heavy (non-hydrogen) atoms. The molecule has 1 aliphatic rings. The molecule has 0 bridgehead atoms. The van der Waals surface area contributed by atoms with E-state index in [1.807, 2.05) is 6.92 Å². The van der Waals surface area contributed by atoms with Gasteiger partial charge in [0.1, 0.15) is 11.6 Å². The molecule has 0 aromatic carbocycles. The van der Waals surface area contributed by atoms with E-state index in [9.17, 15) is 8.42 Å². The predicted octanol–water partition coefficient (Wildman–Crippen LogP) is 2.55. The van der Waals surface area contributed by atoms with Gasteiger partial charge in [-0.2, -0.15) is 4.31 Å². The van der Waals surface area contributed by atoms with E-state index < -0.39 is 10.0 Å². The van der Waals surface area contributed by atoms with Crippen molar-refractivity contribution in [2.45, 2.75) is 37.8 Å². The first-order valence-electron chi connectivity index (χ1n) is 8.88. The van der Waals surface area contributed by atoms with Gasteiger partial charge in [-0.1, -0.05) is 0 Å². The lowest BCUT2D eigenvalue weighted by Gasteiger charge is -2.23. The van der Waals surface area contributed by atoms with E-state index in [0.717, 1.165) is 16.4 Å². The van der Waals surface area contributed by atoms with Crippen LogP contribution in [0, 0.1) is 13.8 Å². The lowest BCUT2D eigenvalue weighted by molar-refractivity contribution is 0.388. The molecule has 4 rings (SSSR count). The van der Waals surface area contributed by atoms with Gasteiger partial charge in [0.05, 0.1) is 18.1 Å². The van der Waals surface area contributed by atoms with Crippen LogP contribution in [-0.4, -0.2) is 43.8 Å². The molecule has 0 saturated carbocycles. The zero-order valence-corrected chi connectivity index (χ0v) is 17.5. The summed E-state index contributed by atoms with van der Waals surface area (Å²) < 4.78 is 29.3. The summed E-state index contributed by atoms with van der Waals surface area (Å²) in [6.45, 7) is 4.23. The monoisotopic (exact) mass is 419 g/mol. The normalized spacial score (nSPS) is 17.9. The van der Waals surface area contributed by atoms with Crippen molar-refractivity contribution in [1.29, 1.82) is 0 Å². The second kappa shape index (κ2) is 7.22. The number of rotatable bonds is 5. The summed E-state index contributed by atoms with van der Waals surface area (Å²) in [6.07, 6.45) is 6.28. The molecule has 1 N–H and O–H groups in total. The van der Waals surface area contributed by atoms with E-state index in [0.29, 0.717) is 30.3 Å². The first-order chi connectivity index (χ1) is 13.3. The molecule has 1 fully saturated rings. The third kappa shape index (κ3) is 3.64. The van der Waals surface area contributed by atoms with Crippen molar-refractivity contribution >= 4 is 32.3 Å². The molecule has 1 unspecified atom stereocenters. The van der Waals surface area contributed by atoms with Crippen LogP contribution in [0.5, 0.6) is 0 Å². The lowest BCUT2D eigenvalue weighted by atomic mass is 10.1. The van der Waals surface area contributed by atoms with Gasteiger partial charge in [0.25, 0.3) is 10.0 Å². The van der Waals surface area contributed by atoms with Gasteiger partial charge in [0.15, 0.2) is 10.2 Å². The van der Waals surface area contributed by atoms with Gasteiger partial charge >= 0.3 is 0 Å². The van der Waals surface area contributed by atoms with Gasteiger partial charge in [0.2, 0.25) is 0 Å². The second-order valence-corrected chi connectivity index (χ2v) is 9.85. The SMILES string of the molecule is Cc1nc(Nc2ncc(C)s2)cc(C2CCCN2S(=O)(=O)c2cn(C)cn2)n1. The minimum Gasteiger partial charge on any atom is -0.339 e. The summed E-state index contributed by atoms with van der Waals surface area (Å²) >= 11 is 1.53. The Balaban J connectivity index is 1.65. The number of aromatic nitrogens is 5. The Labute approximate surface area is 167 Å². The Morgan fingerprint density at radius 1 is 1.25 bits per heavy atom. The lowest BCUT2D eigenvalue weighted by Crippen LogP contribution is -2.31. The Morgan fingerprint density at radius 2 is 2.07 bits per heavy atom. The van der Waals surface area contributed by atoms with Crippen molar-refractivity contribution < 1.29 is 8.42 Å². The third-order valence-electron chi connectivity index (χ3n) is 4.51. The topological polar surface area (TPSA) is 106 Å². The van der Waals surface area contributed by atoms with Crippen molar-refractivity contribution in [3.8, 4) is 0 Å². The van der Waals surface area contributed by atoms with E-state index in [1.165, 1.54) is 28.2 Å². The molecule has 3 aromatic heterocycles. The van der Waals surface area contributed by atoms with Gasteiger partial charge < -0.3 is 9.88 Å². The summed E-state index contributed by atoms with van der Waals surface area (Å²) in [6, 6.07) is 1.47. The third-order valence-corrected chi connectivity index (χ3v) is 7.14. The Morgan fingerprint density at radius 3 is 2.75 bits per heavy atom.